The van der Waals surface area contributed by atoms with Crippen LogP contribution in [0.1, 0.15) is 0 Å². The molecular formula is C64H41N5. The highest BCUT2D eigenvalue weighted by molar-refractivity contribution is 6.16. The summed E-state index contributed by atoms with van der Waals surface area (Å²) >= 11 is 0. The Hall–Kier alpha value is -9.32. The predicted octanol–water partition coefficient (Wildman–Crippen LogP) is 16.4. The summed E-state index contributed by atoms with van der Waals surface area (Å²) in [6.45, 7) is 0. The summed E-state index contributed by atoms with van der Waals surface area (Å²) < 4.78 is 7.07. The fraction of sp³-hybridized carbons (Fsp3) is 0. The first kappa shape index (κ1) is 38.9. The Labute approximate surface area is 398 Å². The Morgan fingerprint density at radius 1 is 0.246 bits per heavy atom. The molecule has 0 radical (unpaired) electrons. The second-order valence-electron chi connectivity index (χ2n) is 17.8. The minimum atomic E-state index is 0.695. The van der Waals surface area contributed by atoms with Crippen molar-refractivity contribution in [3.63, 3.8) is 0 Å². The summed E-state index contributed by atoms with van der Waals surface area (Å²) in [5, 5.41) is 7.01. The standard InChI is InChI=1S/C64H41N5/c1-6-18-42(19-7-1)62-61-55-41-47(33-37-60(55)69(50-26-14-5-15-27-50)64(61)66-63(65-62)43-20-8-2-9-21-43)46-32-36-59-54(40-46)53-39-45(31-35-58(53)68(59)49-24-12-4-13-25-49)44-30-34-57-52(38-44)51-28-16-17-29-56(51)67(57)48-22-10-3-11-23-48/h1-41H. The molecule has 0 aliphatic carbocycles. The molecule has 0 aliphatic heterocycles. The van der Waals surface area contributed by atoms with E-state index in [9.17, 15) is 0 Å². The summed E-state index contributed by atoms with van der Waals surface area (Å²) in [5.41, 5.74) is 17.6. The molecule has 69 heavy (non-hydrogen) atoms. The number of benzene rings is 10. The maximum Gasteiger partial charge on any atom is 0.162 e. The van der Waals surface area contributed by atoms with Gasteiger partial charge in [0.25, 0.3) is 0 Å². The van der Waals surface area contributed by atoms with Gasteiger partial charge in [-0.2, -0.15) is 0 Å². The van der Waals surface area contributed by atoms with Crippen molar-refractivity contribution in [2.75, 3.05) is 0 Å². The molecule has 0 aliphatic rings. The third-order valence-electron chi connectivity index (χ3n) is 13.8. The minimum Gasteiger partial charge on any atom is -0.309 e. The van der Waals surface area contributed by atoms with Crippen LogP contribution >= 0.6 is 0 Å². The normalized spacial score (nSPS) is 11.8. The van der Waals surface area contributed by atoms with Gasteiger partial charge in [-0.05, 0) is 113 Å². The van der Waals surface area contributed by atoms with Crippen molar-refractivity contribution in [2.24, 2.45) is 0 Å². The molecule has 0 spiro atoms. The third-order valence-corrected chi connectivity index (χ3v) is 13.8. The number of hydrogen-bond donors (Lipinski definition) is 0. The molecule has 0 unspecified atom stereocenters. The average Bonchev–Trinajstić information content (AvgIpc) is 4.06. The molecule has 5 nitrogen and oxygen atoms in total. The topological polar surface area (TPSA) is 40.6 Å². The smallest absolute Gasteiger partial charge is 0.162 e. The third kappa shape index (κ3) is 6.25. The van der Waals surface area contributed by atoms with Gasteiger partial charge in [0.05, 0.1) is 38.7 Å². The number of hydrogen-bond acceptors (Lipinski definition) is 2. The first-order valence-electron chi connectivity index (χ1n) is 23.5. The fourth-order valence-electron chi connectivity index (χ4n) is 10.7. The van der Waals surface area contributed by atoms with Crippen LogP contribution in [0, 0.1) is 0 Å². The van der Waals surface area contributed by atoms with Gasteiger partial charge in [0, 0.05) is 55.1 Å². The Bertz CT molecular complexity index is 4270. The molecule has 0 N–H and O–H groups in total. The van der Waals surface area contributed by atoms with Gasteiger partial charge >= 0.3 is 0 Å². The van der Waals surface area contributed by atoms with Crippen LogP contribution in [0.2, 0.25) is 0 Å². The molecule has 14 rings (SSSR count). The van der Waals surface area contributed by atoms with Crippen molar-refractivity contribution < 1.29 is 0 Å². The van der Waals surface area contributed by atoms with Crippen molar-refractivity contribution in [1.29, 1.82) is 0 Å². The monoisotopic (exact) mass is 879 g/mol. The number of rotatable bonds is 7. The average molecular weight is 880 g/mol. The van der Waals surface area contributed by atoms with E-state index in [2.05, 4.69) is 244 Å². The lowest BCUT2D eigenvalue weighted by molar-refractivity contribution is 1.11. The lowest BCUT2D eigenvalue weighted by atomic mass is 9.98. The van der Waals surface area contributed by atoms with E-state index in [1.165, 1.54) is 49.2 Å². The quantitative estimate of drug-likeness (QED) is 0.160. The number of aromatic nitrogens is 5. The molecule has 14 aromatic rings. The molecule has 0 fully saturated rings. The molecule has 0 saturated carbocycles. The van der Waals surface area contributed by atoms with E-state index in [4.69, 9.17) is 9.97 Å². The summed E-state index contributed by atoms with van der Waals surface area (Å²) in [6, 6.07) is 89.2. The lowest BCUT2D eigenvalue weighted by Crippen LogP contribution is -1.99. The van der Waals surface area contributed by atoms with Crippen LogP contribution in [0.3, 0.4) is 0 Å². The summed E-state index contributed by atoms with van der Waals surface area (Å²) in [4.78, 5) is 10.7. The van der Waals surface area contributed by atoms with Crippen LogP contribution in [0.4, 0.5) is 0 Å². The van der Waals surface area contributed by atoms with E-state index in [-0.39, 0.29) is 0 Å². The van der Waals surface area contributed by atoms with E-state index in [1.807, 2.05) is 18.2 Å². The van der Waals surface area contributed by atoms with Crippen molar-refractivity contribution in [3.05, 3.63) is 249 Å². The van der Waals surface area contributed by atoms with Gasteiger partial charge in [0.1, 0.15) is 5.65 Å². The van der Waals surface area contributed by atoms with Crippen LogP contribution in [0.5, 0.6) is 0 Å². The molecule has 0 atom stereocenters. The van der Waals surface area contributed by atoms with Crippen LogP contribution in [-0.2, 0) is 0 Å². The van der Waals surface area contributed by atoms with E-state index >= 15 is 0 Å². The molecule has 10 aromatic carbocycles. The summed E-state index contributed by atoms with van der Waals surface area (Å²) in [5.74, 6) is 0.695. The van der Waals surface area contributed by atoms with E-state index in [1.54, 1.807) is 0 Å². The van der Waals surface area contributed by atoms with Crippen molar-refractivity contribution in [2.45, 2.75) is 0 Å². The van der Waals surface area contributed by atoms with Crippen LogP contribution in [0.15, 0.2) is 249 Å². The Morgan fingerprint density at radius 2 is 0.609 bits per heavy atom. The molecule has 4 heterocycles. The van der Waals surface area contributed by atoms with Crippen LogP contribution < -0.4 is 0 Å². The molecule has 0 saturated heterocycles. The molecule has 5 heteroatoms. The maximum absolute atomic E-state index is 5.38. The minimum absolute atomic E-state index is 0.695. The van der Waals surface area contributed by atoms with Crippen molar-refractivity contribution >= 4 is 65.5 Å². The van der Waals surface area contributed by atoms with Gasteiger partial charge in [-0.25, -0.2) is 9.97 Å². The van der Waals surface area contributed by atoms with Gasteiger partial charge in [-0.1, -0.05) is 158 Å². The Kier molecular flexibility index (Phi) is 8.83. The van der Waals surface area contributed by atoms with Crippen LogP contribution in [-0.4, -0.2) is 23.7 Å². The highest BCUT2D eigenvalue weighted by Gasteiger charge is 2.23. The van der Waals surface area contributed by atoms with E-state index in [0.29, 0.717) is 5.82 Å². The van der Waals surface area contributed by atoms with E-state index in [0.717, 1.165) is 72.5 Å². The first-order valence-corrected chi connectivity index (χ1v) is 23.5. The molecular weight excluding hydrogens is 839 g/mol. The predicted molar refractivity (Wildman–Crippen MR) is 287 cm³/mol. The zero-order chi connectivity index (χ0) is 45.4. The van der Waals surface area contributed by atoms with Crippen molar-refractivity contribution in [1.82, 2.24) is 23.7 Å². The lowest BCUT2D eigenvalue weighted by Gasteiger charge is -2.10. The maximum atomic E-state index is 5.38. The number of para-hydroxylation sites is 4. The SMILES string of the molecule is c1ccc(-c2nc(-c3ccccc3)c3c4cc(-c5ccc6c(c5)c5cc(-c7ccc8c(c7)c7ccccc7n8-c7ccccc7)ccc5n6-c5ccccc5)ccc4n(-c4ccccc4)c3n2)cc1. The highest BCUT2D eigenvalue weighted by Crippen LogP contribution is 2.43. The highest BCUT2D eigenvalue weighted by atomic mass is 15.1. The Morgan fingerprint density at radius 3 is 1.10 bits per heavy atom. The second-order valence-corrected chi connectivity index (χ2v) is 17.8. The van der Waals surface area contributed by atoms with Gasteiger partial charge in [-0.15, -0.1) is 0 Å². The van der Waals surface area contributed by atoms with E-state index < -0.39 is 0 Å². The van der Waals surface area contributed by atoms with Crippen molar-refractivity contribution in [3.8, 4) is 62.0 Å². The second kappa shape index (κ2) is 15.7. The van der Waals surface area contributed by atoms with Gasteiger partial charge in [-0.3, -0.25) is 4.57 Å². The molecule has 322 valence electrons. The Balaban J connectivity index is 0.982. The summed E-state index contributed by atoms with van der Waals surface area (Å²) in [6.07, 6.45) is 0. The number of fused-ring (bicyclic) bond motifs is 9. The first-order chi connectivity index (χ1) is 34.2. The van der Waals surface area contributed by atoms with Gasteiger partial charge < -0.3 is 9.13 Å². The zero-order valence-electron chi connectivity index (χ0n) is 37.4. The molecule has 4 aromatic heterocycles. The molecule has 0 amide bonds. The largest absolute Gasteiger partial charge is 0.309 e. The van der Waals surface area contributed by atoms with Crippen LogP contribution in [0.25, 0.3) is 128 Å². The summed E-state index contributed by atoms with van der Waals surface area (Å²) in [7, 11) is 0. The number of nitrogens with zero attached hydrogens (tertiary/aromatic N) is 5. The van der Waals surface area contributed by atoms with Gasteiger partial charge in [0.2, 0.25) is 0 Å². The molecule has 0 bridgehead atoms. The zero-order valence-corrected chi connectivity index (χ0v) is 37.4. The van der Waals surface area contributed by atoms with Gasteiger partial charge in [0.15, 0.2) is 5.82 Å². The fourth-order valence-corrected chi connectivity index (χ4v) is 10.7.